The summed E-state index contributed by atoms with van der Waals surface area (Å²) in [6.45, 7) is 0.767. The lowest BCUT2D eigenvalue weighted by Crippen LogP contribution is -2.36. The van der Waals surface area contributed by atoms with E-state index in [0.29, 0.717) is 23.0 Å². The highest BCUT2D eigenvalue weighted by molar-refractivity contribution is 5.64. The molecule has 0 aromatic carbocycles. The number of nitriles is 2. The summed E-state index contributed by atoms with van der Waals surface area (Å²) in [5.74, 6) is 1.33. The number of hydrogen-bond acceptors (Lipinski definition) is 5. The van der Waals surface area contributed by atoms with Crippen molar-refractivity contribution in [3.8, 4) is 12.1 Å². The summed E-state index contributed by atoms with van der Waals surface area (Å²) in [4.78, 5) is 7.05. The molecule has 5 nitrogen and oxygen atoms in total. The predicted octanol–water partition coefficient (Wildman–Crippen LogP) is 3.24. The molecular formula is C20H27N5. The number of aryl methyl sites for hydroxylation is 1. The van der Waals surface area contributed by atoms with Crippen LogP contribution in [0.5, 0.6) is 0 Å². The van der Waals surface area contributed by atoms with Crippen LogP contribution in [0.3, 0.4) is 0 Å². The van der Waals surface area contributed by atoms with E-state index < -0.39 is 0 Å². The van der Waals surface area contributed by atoms with Crippen molar-refractivity contribution < 1.29 is 0 Å². The van der Waals surface area contributed by atoms with Crippen molar-refractivity contribution in [3.63, 3.8) is 0 Å². The SMILES string of the molecule is CN(C)[C@H](CNc1nc2c(c(C#N)c1C#N)CCCCCC2)C1CC1. The van der Waals surface area contributed by atoms with Gasteiger partial charge in [0.2, 0.25) is 0 Å². The highest BCUT2D eigenvalue weighted by atomic mass is 15.1. The van der Waals surface area contributed by atoms with Crippen molar-refractivity contribution in [1.29, 1.82) is 10.5 Å². The molecule has 0 bridgehead atoms. The Bertz CT molecular complexity index is 704. The number of hydrogen-bond donors (Lipinski definition) is 1. The van der Waals surface area contributed by atoms with E-state index in [9.17, 15) is 10.5 Å². The summed E-state index contributed by atoms with van der Waals surface area (Å²) in [6, 6.07) is 4.98. The fourth-order valence-corrected chi connectivity index (χ4v) is 3.91. The summed E-state index contributed by atoms with van der Waals surface area (Å²) in [5.41, 5.74) is 3.00. The van der Waals surface area contributed by atoms with Gasteiger partial charge < -0.3 is 10.2 Å². The molecule has 3 rings (SSSR count). The molecule has 0 spiro atoms. The molecule has 1 N–H and O–H groups in total. The summed E-state index contributed by atoms with van der Waals surface area (Å²) < 4.78 is 0. The van der Waals surface area contributed by atoms with E-state index in [1.165, 1.54) is 25.7 Å². The zero-order valence-electron chi connectivity index (χ0n) is 15.3. The van der Waals surface area contributed by atoms with Crippen LogP contribution in [0.4, 0.5) is 5.82 Å². The van der Waals surface area contributed by atoms with Gasteiger partial charge >= 0.3 is 0 Å². The quantitative estimate of drug-likeness (QED) is 0.892. The van der Waals surface area contributed by atoms with Crippen molar-refractivity contribution in [3.05, 3.63) is 22.4 Å². The minimum absolute atomic E-state index is 0.426. The average molecular weight is 337 g/mol. The van der Waals surface area contributed by atoms with E-state index in [0.717, 1.165) is 49.4 Å². The van der Waals surface area contributed by atoms with Gasteiger partial charge in [0.25, 0.3) is 0 Å². The normalized spacial score (nSPS) is 18.4. The molecule has 132 valence electrons. The van der Waals surface area contributed by atoms with Crippen LogP contribution in [-0.2, 0) is 12.8 Å². The second-order valence-electron chi connectivity index (χ2n) is 7.52. The summed E-state index contributed by atoms with van der Waals surface area (Å²) in [7, 11) is 4.20. The van der Waals surface area contributed by atoms with Gasteiger partial charge in [0.1, 0.15) is 23.5 Å². The summed E-state index contributed by atoms with van der Waals surface area (Å²) in [5, 5.41) is 22.8. The van der Waals surface area contributed by atoms with E-state index in [4.69, 9.17) is 4.98 Å². The molecule has 0 aliphatic heterocycles. The third-order valence-electron chi connectivity index (χ3n) is 5.51. The molecule has 0 saturated heterocycles. The van der Waals surface area contributed by atoms with E-state index in [2.05, 4.69) is 36.5 Å². The van der Waals surface area contributed by atoms with Gasteiger partial charge in [-0.15, -0.1) is 0 Å². The lowest BCUT2D eigenvalue weighted by Gasteiger charge is -2.25. The van der Waals surface area contributed by atoms with Gasteiger partial charge in [0, 0.05) is 18.3 Å². The molecule has 2 aliphatic rings. The Morgan fingerprint density at radius 3 is 2.36 bits per heavy atom. The molecule has 0 radical (unpaired) electrons. The Morgan fingerprint density at radius 1 is 1.08 bits per heavy atom. The van der Waals surface area contributed by atoms with Gasteiger partial charge in [-0.1, -0.05) is 12.8 Å². The molecule has 5 heteroatoms. The Hall–Kier alpha value is -2.11. The second kappa shape index (κ2) is 7.85. The standard InChI is InChI=1S/C20H27N5/c1-25(2)19(14-9-10-14)13-23-20-17(12-22)16(11-21)15-7-5-3-4-6-8-18(15)24-20/h14,19H,3-10,13H2,1-2H3,(H,23,24)/t19-/m1/s1. The van der Waals surface area contributed by atoms with Crippen LogP contribution in [-0.4, -0.2) is 36.6 Å². The molecule has 1 fully saturated rings. The number of fused-ring (bicyclic) bond motifs is 1. The van der Waals surface area contributed by atoms with Crippen LogP contribution in [0.1, 0.15) is 60.9 Å². The van der Waals surface area contributed by atoms with Crippen LogP contribution >= 0.6 is 0 Å². The highest BCUT2D eigenvalue weighted by Crippen LogP contribution is 2.35. The Kier molecular flexibility index (Phi) is 5.56. The number of aromatic nitrogens is 1. The van der Waals surface area contributed by atoms with Gasteiger partial charge in [-0.3, -0.25) is 0 Å². The van der Waals surface area contributed by atoms with Gasteiger partial charge in [0.05, 0.1) is 5.56 Å². The van der Waals surface area contributed by atoms with Crippen LogP contribution in [0.15, 0.2) is 0 Å². The first-order chi connectivity index (χ1) is 12.2. The van der Waals surface area contributed by atoms with Gasteiger partial charge in [0.15, 0.2) is 0 Å². The molecule has 0 amide bonds. The predicted molar refractivity (Wildman–Crippen MR) is 98.2 cm³/mol. The van der Waals surface area contributed by atoms with Crippen LogP contribution < -0.4 is 5.32 Å². The Morgan fingerprint density at radius 2 is 1.76 bits per heavy atom. The summed E-state index contributed by atoms with van der Waals surface area (Å²) in [6.07, 6.45) is 8.92. The van der Waals surface area contributed by atoms with Crippen LogP contribution in [0.2, 0.25) is 0 Å². The third kappa shape index (κ3) is 3.94. The smallest absolute Gasteiger partial charge is 0.145 e. The zero-order valence-corrected chi connectivity index (χ0v) is 15.3. The Balaban J connectivity index is 1.91. The molecule has 1 atom stereocenters. The number of nitrogens with one attached hydrogen (secondary N) is 1. The van der Waals surface area contributed by atoms with Crippen molar-refractivity contribution in [2.75, 3.05) is 26.0 Å². The first kappa shape index (κ1) is 17.7. The molecule has 1 heterocycles. The van der Waals surface area contributed by atoms with Gasteiger partial charge in [-0.2, -0.15) is 10.5 Å². The number of pyridine rings is 1. The van der Waals surface area contributed by atoms with Crippen molar-refractivity contribution in [2.45, 2.75) is 57.4 Å². The van der Waals surface area contributed by atoms with Crippen LogP contribution in [0.25, 0.3) is 0 Å². The van der Waals surface area contributed by atoms with E-state index >= 15 is 0 Å². The van der Waals surface area contributed by atoms with Crippen LogP contribution in [0, 0.1) is 28.6 Å². The minimum atomic E-state index is 0.426. The van der Waals surface area contributed by atoms with Crippen molar-refractivity contribution >= 4 is 5.82 Å². The first-order valence-corrected chi connectivity index (χ1v) is 9.42. The third-order valence-corrected chi connectivity index (χ3v) is 5.51. The van der Waals surface area contributed by atoms with Crippen molar-refractivity contribution in [2.24, 2.45) is 5.92 Å². The molecule has 1 saturated carbocycles. The summed E-state index contributed by atoms with van der Waals surface area (Å²) >= 11 is 0. The molecule has 1 aromatic rings. The maximum Gasteiger partial charge on any atom is 0.145 e. The lowest BCUT2D eigenvalue weighted by molar-refractivity contribution is 0.276. The monoisotopic (exact) mass is 337 g/mol. The average Bonchev–Trinajstić information content (AvgIpc) is 3.39. The van der Waals surface area contributed by atoms with E-state index in [1.807, 2.05) is 0 Å². The lowest BCUT2D eigenvalue weighted by atomic mass is 9.91. The molecule has 25 heavy (non-hydrogen) atoms. The maximum atomic E-state index is 9.69. The zero-order chi connectivity index (χ0) is 17.8. The van der Waals surface area contributed by atoms with Crippen molar-refractivity contribution in [1.82, 2.24) is 9.88 Å². The molecule has 2 aliphatic carbocycles. The number of rotatable bonds is 5. The second-order valence-corrected chi connectivity index (χ2v) is 7.52. The number of likely N-dealkylation sites (N-methyl/N-ethyl adjacent to an activating group) is 1. The van der Waals surface area contributed by atoms with E-state index in [-0.39, 0.29) is 0 Å². The van der Waals surface area contributed by atoms with E-state index in [1.54, 1.807) is 0 Å². The molecule has 1 aromatic heterocycles. The fraction of sp³-hybridized carbons (Fsp3) is 0.650. The largest absolute Gasteiger partial charge is 0.367 e. The number of anilines is 1. The topological polar surface area (TPSA) is 75.7 Å². The highest BCUT2D eigenvalue weighted by Gasteiger charge is 2.32. The Labute approximate surface area is 150 Å². The maximum absolute atomic E-state index is 9.69. The van der Waals surface area contributed by atoms with Gasteiger partial charge in [-0.25, -0.2) is 4.98 Å². The first-order valence-electron chi connectivity index (χ1n) is 9.42. The molecular weight excluding hydrogens is 310 g/mol. The minimum Gasteiger partial charge on any atom is -0.367 e. The fourth-order valence-electron chi connectivity index (χ4n) is 3.91. The molecule has 0 unspecified atom stereocenters. The van der Waals surface area contributed by atoms with Gasteiger partial charge in [-0.05, 0) is 64.1 Å². The number of nitrogens with zero attached hydrogens (tertiary/aromatic N) is 4.